The quantitative estimate of drug-likeness (QED) is 0.376. The van der Waals surface area contributed by atoms with Crippen molar-refractivity contribution in [3.8, 4) is 0 Å². The number of rotatable bonds is 3. The summed E-state index contributed by atoms with van der Waals surface area (Å²) in [6.07, 6.45) is 0. The number of ketones is 1. The largest absolute Gasteiger partial charge is 0.331 e. The summed E-state index contributed by atoms with van der Waals surface area (Å²) in [5.74, 6) is -0.403. The lowest BCUT2D eigenvalue weighted by Gasteiger charge is -2.11. The average Bonchev–Trinajstić information content (AvgIpc) is 2.66. The zero-order chi connectivity index (χ0) is 18.5. The number of hydrazine groups is 1. The number of para-hydroxylation sites is 1. The number of carbonyl (C=O) groups is 2. The van der Waals surface area contributed by atoms with Crippen LogP contribution >= 0.6 is 12.2 Å². The highest BCUT2D eigenvalue weighted by molar-refractivity contribution is 7.80. The van der Waals surface area contributed by atoms with Crippen LogP contribution in [0.3, 0.4) is 0 Å². The van der Waals surface area contributed by atoms with Gasteiger partial charge in [-0.1, -0.05) is 24.3 Å². The Labute approximate surface area is 155 Å². The van der Waals surface area contributed by atoms with Crippen LogP contribution in [0.25, 0.3) is 10.9 Å². The Morgan fingerprint density at radius 1 is 0.923 bits per heavy atom. The van der Waals surface area contributed by atoms with Crippen molar-refractivity contribution < 1.29 is 9.59 Å². The molecule has 3 N–H and O–H groups in total. The Kier molecular flexibility index (Phi) is 5.19. The molecule has 0 spiro atoms. The molecule has 1 amide bonds. The fraction of sp³-hybridized carbons (Fsp3) is 0.0526. The molecule has 0 bridgehead atoms. The average molecular weight is 364 g/mol. The number of benzene rings is 2. The summed E-state index contributed by atoms with van der Waals surface area (Å²) >= 11 is 5.14. The predicted molar refractivity (Wildman–Crippen MR) is 105 cm³/mol. The third-order valence-corrected chi connectivity index (χ3v) is 3.87. The van der Waals surface area contributed by atoms with Gasteiger partial charge in [0.1, 0.15) is 5.69 Å². The van der Waals surface area contributed by atoms with E-state index in [2.05, 4.69) is 21.2 Å². The zero-order valence-electron chi connectivity index (χ0n) is 13.9. The molecule has 0 saturated carbocycles. The first-order valence-corrected chi connectivity index (χ1v) is 8.28. The molecule has 1 heterocycles. The topological polar surface area (TPSA) is 83.1 Å². The van der Waals surface area contributed by atoms with Crippen LogP contribution in [0.5, 0.6) is 0 Å². The van der Waals surface area contributed by atoms with Crippen molar-refractivity contribution in [1.82, 2.24) is 15.8 Å². The molecule has 0 saturated heterocycles. The maximum atomic E-state index is 12.2. The van der Waals surface area contributed by atoms with Crippen molar-refractivity contribution in [3.05, 3.63) is 71.9 Å². The standard InChI is InChI=1S/C19H16N4O2S/c1-12(24)13-6-9-15(10-7-13)20-19(26)23-22-18(25)17-11-8-14-4-2-3-5-16(14)21-17/h2-11H,1H3,(H,22,25)(H2,20,23,26). The molecule has 0 unspecified atom stereocenters. The van der Waals surface area contributed by atoms with Gasteiger partial charge in [0, 0.05) is 16.6 Å². The molecule has 0 aliphatic carbocycles. The number of hydrogen-bond acceptors (Lipinski definition) is 4. The highest BCUT2D eigenvalue weighted by Gasteiger charge is 2.08. The van der Waals surface area contributed by atoms with Crippen molar-refractivity contribution >= 4 is 45.6 Å². The fourth-order valence-corrected chi connectivity index (χ4v) is 2.49. The van der Waals surface area contributed by atoms with Gasteiger partial charge < -0.3 is 5.32 Å². The van der Waals surface area contributed by atoms with Crippen molar-refractivity contribution in [3.63, 3.8) is 0 Å². The van der Waals surface area contributed by atoms with Gasteiger partial charge in [-0.05, 0) is 55.5 Å². The molecule has 0 radical (unpaired) electrons. The summed E-state index contributed by atoms with van der Waals surface area (Å²) in [6.45, 7) is 1.50. The molecule has 0 atom stereocenters. The minimum Gasteiger partial charge on any atom is -0.331 e. The second kappa shape index (κ2) is 7.71. The molecule has 6 nitrogen and oxygen atoms in total. The first-order chi connectivity index (χ1) is 12.5. The lowest BCUT2D eigenvalue weighted by Crippen LogP contribution is -2.44. The van der Waals surface area contributed by atoms with Gasteiger partial charge in [-0.25, -0.2) is 4.98 Å². The van der Waals surface area contributed by atoms with E-state index in [-0.39, 0.29) is 16.6 Å². The molecule has 0 fully saturated rings. The van der Waals surface area contributed by atoms with Gasteiger partial charge in [-0.3, -0.25) is 20.4 Å². The highest BCUT2D eigenvalue weighted by Crippen LogP contribution is 2.12. The Morgan fingerprint density at radius 2 is 1.65 bits per heavy atom. The summed E-state index contributed by atoms with van der Waals surface area (Å²) in [5, 5.41) is 4.10. The highest BCUT2D eigenvalue weighted by atomic mass is 32.1. The van der Waals surface area contributed by atoms with E-state index in [1.165, 1.54) is 6.92 Å². The molecule has 3 aromatic rings. The van der Waals surface area contributed by atoms with E-state index in [0.717, 1.165) is 10.9 Å². The maximum absolute atomic E-state index is 12.2. The van der Waals surface area contributed by atoms with Crippen LogP contribution in [0.1, 0.15) is 27.8 Å². The van der Waals surface area contributed by atoms with Gasteiger partial charge in [0.15, 0.2) is 10.9 Å². The number of thiocarbonyl (C=S) groups is 1. The summed E-state index contributed by atoms with van der Waals surface area (Å²) in [5.41, 5.74) is 7.47. The normalized spacial score (nSPS) is 10.2. The molecule has 2 aromatic carbocycles. The van der Waals surface area contributed by atoms with Crippen LogP contribution in [0, 0.1) is 0 Å². The second-order valence-electron chi connectivity index (χ2n) is 5.56. The van der Waals surface area contributed by atoms with Crippen LogP contribution in [0.4, 0.5) is 5.69 Å². The lowest BCUT2D eigenvalue weighted by molar-refractivity contribution is 0.0938. The smallest absolute Gasteiger partial charge is 0.288 e. The van der Waals surface area contributed by atoms with E-state index >= 15 is 0 Å². The molecule has 26 heavy (non-hydrogen) atoms. The molecular formula is C19H16N4O2S. The first-order valence-electron chi connectivity index (χ1n) is 7.87. The predicted octanol–water partition coefficient (Wildman–Crippen LogP) is 3.07. The van der Waals surface area contributed by atoms with Gasteiger partial charge in [-0.2, -0.15) is 0 Å². The third kappa shape index (κ3) is 4.20. The Hall–Kier alpha value is -3.32. The lowest BCUT2D eigenvalue weighted by atomic mass is 10.1. The number of carbonyl (C=O) groups excluding carboxylic acids is 2. The van der Waals surface area contributed by atoms with E-state index < -0.39 is 5.91 Å². The zero-order valence-corrected chi connectivity index (χ0v) is 14.8. The SMILES string of the molecule is CC(=O)c1ccc(NC(=S)NNC(=O)c2ccc3ccccc3n2)cc1. The van der Waals surface area contributed by atoms with Gasteiger partial charge in [0.25, 0.3) is 5.91 Å². The number of nitrogens with zero attached hydrogens (tertiary/aromatic N) is 1. The number of Topliss-reactive ketones (excluding diaryl/α,β-unsaturated/α-hetero) is 1. The summed E-state index contributed by atoms with van der Waals surface area (Å²) in [7, 11) is 0. The number of aromatic nitrogens is 1. The van der Waals surface area contributed by atoms with Crippen LogP contribution in [-0.4, -0.2) is 21.8 Å². The monoisotopic (exact) mass is 364 g/mol. The third-order valence-electron chi connectivity index (χ3n) is 3.67. The number of pyridine rings is 1. The second-order valence-corrected chi connectivity index (χ2v) is 5.96. The number of nitrogens with one attached hydrogen (secondary N) is 3. The molecule has 1 aromatic heterocycles. The number of anilines is 1. The first kappa shape index (κ1) is 17.5. The number of fused-ring (bicyclic) bond motifs is 1. The molecule has 3 rings (SSSR count). The van der Waals surface area contributed by atoms with Crippen LogP contribution in [0.15, 0.2) is 60.7 Å². The summed E-state index contributed by atoms with van der Waals surface area (Å²) < 4.78 is 0. The van der Waals surface area contributed by atoms with Crippen LogP contribution in [-0.2, 0) is 0 Å². The molecule has 130 valence electrons. The minimum absolute atomic E-state index is 0.00704. The molecule has 7 heteroatoms. The van der Waals surface area contributed by atoms with E-state index in [1.807, 2.05) is 30.3 Å². The minimum atomic E-state index is -0.396. The van der Waals surface area contributed by atoms with Crippen LogP contribution in [0.2, 0.25) is 0 Å². The van der Waals surface area contributed by atoms with Crippen molar-refractivity contribution in [1.29, 1.82) is 0 Å². The summed E-state index contributed by atoms with van der Waals surface area (Å²) in [6, 6.07) is 17.9. The Morgan fingerprint density at radius 3 is 2.38 bits per heavy atom. The fourth-order valence-electron chi connectivity index (χ4n) is 2.32. The summed E-state index contributed by atoms with van der Waals surface area (Å²) in [4.78, 5) is 27.8. The van der Waals surface area contributed by atoms with Gasteiger partial charge >= 0.3 is 0 Å². The molecule has 0 aliphatic rings. The maximum Gasteiger partial charge on any atom is 0.288 e. The van der Waals surface area contributed by atoms with Gasteiger partial charge in [0.2, 0.25) is 0 Å². The Balaban J connectivity index is 1.57. The Bertz CT molecular complexity index is 986. The molecule has 0 aliphatic heterocycles. The van der Waals surface area contributed by atoms with E-state index in [4.69, 9.17) is 12.2 Å². The molecular weight excluding hydrogens is 348 g/mol. The number of hydrogen-bond donors (Lipinski definition) is 3. The van der Waals surface area contributed by atoms with E-state index in [1.54, 1.807) is 30.3 Å². The van der Waals surface area contributed by atoms with Crippen molar-refractivity contribution in [2.75, 3.05) is 5.32 Å². The van der Waals surface area contributed by atoms with Gasteiger partial charge in [0.05, 0.1) is 5.52 Å². The number of amides is 1. The van der Waals surface area contributed by atoms with Crippen LogP contribution < -0.4 is 16.2 Å². The van der Waals surface area contributed by atoms with E-state index in [0.29, 0.717) is 11.3 Å². The van der Waals surface area contributed by atoms with Gasteiger partial charge in [-0.15, -0.1) is 0 Å². The van der Waals surface area contributed by atoms with Crippen molar-refractivity contribution in [2.24, 2.45) is 0 Å². The van der Waals surface area contributed by atoms with E-state index in [9.17, 15) is 9.59 Å². The van der Waals surface area contributed by atoms with Crippen molar-refractivity contribution in [2.45, 2.75) is 6.92 Å².